The van der Waals surface area contributed by atoms with Gasteiger partial charge in [-0.1, -0.05) is 13.8 Å². The van der Waals surface area contributed by atoms with Gasteiger partial charge in [0.25, 0.3) is 0 Å². The Kier molecular flexibility index (Phi) is 6.83. The number of nitrogens with one attached hydrogen (secondary N) is 2. The van der Waals surface area contributed by atoms with Crippen LogP contribution in [0.2, 0.25) is 0 Å². The third kappa shape index (κ3) is 7.18. The number of carbonyl (C=O) groups excluding carboxylic acids is 2. The smallest absolute Gasteiger partial charge is 0.408 e. The van der Waals surface area contributed by atoms with E-state index < -0.39 is 23.5 Å². The summed E-state index contributed by atoms with van der Waals surface area (Å²) in [5, 5.41) is 5.44. The largest absolute Gasteiger partial charge is 0.444 e. The van der Waals surface area contributed by atoms with Crippen molar-refractivity contribution in [1.29, 1.82) is 0 Å². The van der Waals surface area contributed by atoms with Gasteiger partial charge in [0, 0.05) is 13.0 Å². The van der Waals surface area contributed by atoms with Gasteiger partial charge in [0.05, 0.1) is 13.2 Å². The molecule has 0 aliphatic carbocycles. The maximum Gasteiger partial charge on any atom is 0.408 e. The van der Waals surface area contributed by atoms with E-state index in [1.807, 2.05) is 20.8 Å². The molecule has 134 valence electrons. The van der Waals surface area contributed by atoms with Crippen LogP contribution in [0.3, 0.4) is 0 Å². The molecule has 7 heteroatoms. The van der Waals surface area contributed by atoms with Gasteiger partial charge < -0.3 is 24.8 Å². The van der Waals surface area contributed by atoms with Crippen LogP contribution in [0.1, 0.15) is 48.0 Å². The maximum atomic E-state index is 12.3. The molecule has 1 aliphatic heterocycles. The molecule has 1 saturated heterocycles. The lowest BCUT2D eigenvalue weighted by molar-refractivity contribution is -0.146. The average molecular weight is 330 g/mol. The lowest BCUT2D eigenvalue weighted by atomic mass is 10.0. The van der Waals surface area contributed by atoms with Gasteiger partial charge in [-0.25, -0.2) is 4.79 Å². The summed E-state index contributed by atoms with van der Waals surface area (Å²) >= 11 is 0. The minimum absolute atomic E-state index is 0.0583. The van der Waals surface area contributed by atoms with Crippen LogP contribution in [0.4, 0.5) is 4.79 Å². The fourth-order valence-corrected chi connectivity index (χ4v) is 2.19. The molecular formula is C16H30N2O5. The van der Waals surface area contributed by atoms with Crippen LogP contribution in [-0.2, 0) is 19.0 Å². The van der Waals surface area contributed by atoms with Gasteiger partial charge in [-0.3, -0.25) is 4.79 Å². The number of hydrogen-bond donors (Lipinski definition) is 2. The molecule has 1 heterocycles. The minimum Gasteiger partial charge on any atom is -0.444 e. The van der Waals surface area contributed by atoms with E-state index >= 15 is 0 Å². The van der Waals surface area contributed by atoms with E-state index in [2.05, 4.69) is 10.6 Å². The Morgan fingerprint density at radius 2 is 1.78 bits per heavy atom. The molecule has 0 aromatic rings. The van der Waals surface area contributed by atoms with Crippen molar-refractivity contribution in [3.63, 3.8) is 0 Å². The summed E-state index contributed by atoms with van der Waals surface area (Å²) in [5.74, 6) is -0.941. The third-order valence-electron chi connectivity index (χ3n) is 3.40. The summed E-state index contributed by atoms with van der Waals surface area (Å²) in [6.07, 6.45) is -0.0449. The van der Waals surface area contributed by atoms with Gasteiger partial charge in [0.1, 0.15) is 11.6 Å². The normalized spacial score (nSPS) is 18.6. The van der Waals surface area contributed by atoms with Crippen molar-refractivity contribution in [1.82, 2.24) is 10.6 Å². The monoisotopic (exact) mass is 330 g/mol. The van der Waals surface area contributed by atoms with E-state index in [9.17, 15) is 9.59 Å². The lowest BCUT2D eigenvalue weighted by Crippen LogP contribution is -2.51. The Hall–Kier alpha value is -1.34. The third-order valence-corrected chi connectivity index (χ3v) is 3.40. The zero-order chi connectivity index (χ0) is 17.7. The van der Waals surface area contributed by atoms with Gasteiger partial charge in [0.15, 0.2) is 5.79 Å². The number of alkyl carbamates (subject to hydrolysis) is 1. The van der Waals surface area contributed by atoms with Crippen molar-refractivity contribution in [2.75, 3.05) is 19.8 Å². The second-order valence-corrected chi connectivity index (χ2v) is 7.24. The van der Waals surface area contributed by atoms with Gasteiger partial charge in [-0.05, 0) is 33.6 Å². The summed E-state index contributed by atoms with van der Waals surface area (Å²) in [6, 6.07) is -0.650. The SMILES string of the molecule is CC(C)C(NC(=O)OC(C)(C)C)C(=O)NCCC1(C)OCCO1. The van der Waals surface area contributed by atoms with Crippen LogP contribution in [-0.4, -0.2) is 49.2 Å². The maximum absolute atomic E-state index is 12.3. The van der Waals surface area contributed by atoms with Gasteiger partial charge >= 0.3 is 6.09 Å². The first-order valence-corrected chi connectivity index (χ1v) is 8.07. The molecule has 1 atom stereocenters. The topological polar surface area (TPSA) is 85.9 Å². The Morgan fingerprint density at radius 1 is 1.22 bits per heavy atom. The first kappa shape index (κ1) is 19.7. The summed E-state index contributed by atoms with van der Waals surface area (Å²) in [6.45, 7) is 12.5. The first-order valence-electron chi connectivity index (χ1n) is 8.07. The molecule has 7 nitrogen and oxygen atoms in total. The van der Waals surface area contributed by atoms with Crippen molar-refractivity contribution < 1.29 is 23.8 Å². The predicted molar refractivity (Wildman–Crippen MR) is 85.9 cm³/mol. The molecule has 2 N–H and O–H groups in total. The van der Waals surface area contributed by atoms with Crippen LogP contribution in [0.25, 0.3) is 0 Å². The van der Waals surface area contributed by atoms with Gasteiger partial charge in [0.2, 0.25) is 5.91 Å². The number of amides is 2. The second-order valence-electron chi connectivity index (χ2n) is 7.24. The summed E-state index contributed by atoms with van der Waals surface area (Å²) < 4.78 is 16.2. The number of carbonyl (C=O) groups is 2. The lowest BCUT2D eigenvalue weighted by Gasteiger charge is -2.26. The highest BCUT2D eigenvalue weighted by atomic mass is 16.7. The fraction of sp³-hybridized carbons (Fsp3) is 0.875. The van der Waals surface area contributed by atoms with Crippen LogP contribution in [0.5, 0.6) is 0 Å². The molecule has 0 bridgehead atoms. The summed E-state index contributed by atoms with van der Waals surface area (Å²) in [5.41, 5.74) is -0.603. The van der Waals surface area contributed by atoms with Gasteiger partial charge in [-0.2, -0.15) is 0 Å². The van der Waals surface area contributed by atoms with Crippen LogP contribution >= 0.6 is 0 Å². The molecule has 1 aliphatic rings. The average Bonchev–Trinajstić information content (AvgIpc) is 2.80. The Bertz CT molecular complexity index is 411. The number of rotatable bonds is 6. The number of ether oxygens (including phenoxy) is 3. The molecule has 0 radical (unpaired) electrons. The van der Waals surface area contributed by atoms with E-state index in [1.165, 1.54) is 0 Å². The molecule has 0 aromatic carbocycles. The second kappa shape index (κ2) is 7.97. The molecule has 1 rings (SSSR count). The van der Waals surface area contributed by atoms with E-state index in [-0.39, 0.29) is 11.8 Å². The van der Waals surface area contributed by atoms with Crippen molar-refractivity contribution in [3.05, 3.63) is 0 Å². The molecule has 0 spiro atoms. The highest BCUT2D eigenvalue weighted by molar-refractivity contribution is 5.85. The zero-order valence-corrected chi connectivity index (χ0v) is 15.0. The quantitative estimate of drug-likeness (QED) is 0.776. The highest BCUT2D eigenvalue weighted by Gasteiger charge is 2.31. The number of hydrogen-bond acceptors (Lipinski definition) is 5. The molecule has 1 fully saturated rings. The molecular weight excluding hydrogens is 300 g/mol. The van der Waals surface area contributed by atoms with E-state index in [4.69, 9.17) is 14.2 Å². The van der Waals surface area contributed by atoms with Crippen LogP contribution < -0.4 is 10.6 Å². The van der Waals surface area contributed by atoms with Gasteiger partial charge in [-0.15, -0.1) is 0 Å². The molecule has 0 saturated carbocycles. The zero-order valence-electron chi connectivity index (χ0n) is 15.0. The first-order chi connectivity index (χ1) is 10.5. The van der Waals surface area contributed by atoms with E-state index in [0.717, 1.165) is 0 Å². The van der Waals surface area contributed by atoms with E-state index in [1.54, 1.807) is 20.8 Å². The molecule has 2 amide bonds. The van der Waals surface area contributed by atoms with Crippen LogP contribution in [0.15, 0.2) is 0 Å². The standard InChI is InChI=1S/C16H30N2O5/c1-11(2)12(18-14(20)23-15(3,4)5)13(19)17-8-7-16(6)21-9-10-22-16/h11-12H,7-10H2,1-6H3,(H,17,19)(H,18,20). The van der Waals surface area contributed by atoms with Crippen molar-refractivity contribution in [2.45, 2.75) is 65.4 Å². The predicted octanol–water partition coefficient (Wildman–Crippen LogP) is 1.80. The van der Waals surface area contributed by atoms with Crippen LogP contribution in [0, 0.1) is 5.92 Å². The van der Waals surface area contributed by atoms with Crippen molar-refractivity contribution in [3.8, 4) is 0 Å². The Morgan fingerprint density at radius 3 is 2.26 bits per heavy atom. The van der Waals surface area contributed by atoms with E-state index in [0.29, 0.717) is 26.2 Å². The summed E-state index contributed by atoms with van der Waals surface area (Å²) in [7, 11) is 0. The van der Waals surface area contributed by atoms with Crippen molar-refractivity contribution >= 4 is 12.0 Å². The van der Waals surface area contributed by atoms with Crippen molar-refractivity contribution in [2.24, 2.45) is 5.92 Å². The molecule has 1 unspecified atom stereocenters. The molecule has 0 aromatic heterocycles. The summed E-state index contributed by atoms with van der Waals surface area (Å²) in [4.78, 5) is 24.2. The Balaban J connectivity index is 2.46. The molecule has 23 heavy (non-hydrogen) atoms. The Labute approximate surface area is 138 Å². The highest BCUT2D eigenvalue weighted by Crippen LogP contribution is 2.21. The minimum atomic E-state index is -0.650. The fourth-order valence-electron chi connectivity index (χ4n) is 2.19.